The van der Waals surface area contributed by atoms with Crippen LogP contribution in [0.25, 0.3) is 0 Å². The van der Waals surface area contributed by atoms with Crippen LogP contribution in [0.5, 0.6) is 11.5 Å². The predicted molar refractivity (Wildman–Crippen MR) is 102 cm³/mol. The number of carboxylic acids is 1. The van der Waals surface area contributed by atoms with Gasteiger partial charge in [0, 0.05) is 9.50 Å². The molecule has 0 spiro atoms. The third kappa shape index (κ3) is 5.47. The van der Waals surface area contributed by atoms with Crippen LogP contribution in [-0.2, 0) is 0 Å². The summed E-state index contributed by atoms with van der Waals surface area (Å²) in [6, 6.07) is 9.03. The maximum atomic E-state index is 12.6. The first-order valence-corrected chi connectivity index (χ1v) is 9.12. The average molecular weight is 442 g/mol. The number of hydrogen-bond acceptors (Lipinski definition) is 4. The standard InChI is InChI=1S/C19H18BrClO5/c1-11(2)7-8-25-16-5-3-12(20)9-15(16)19(24)26-17-6-4-13(21)10-14(17)18(22)23/h3-6,9-11H,7-8H2,1-2H3,(H,22,23). The lowest BCUT2D eigenvalue weighted by atomic mass is 10.1. The van der Waals surface area contributed by atoms with E-state index < -0.39 is 11.9 Å². The van der Waals surface area contributed by atoms with E-state index in [1.165, 1.54) is 18.2 Å². The molecule has 0 bridgehead atoms. The number of ether oxygens (including phenoxy) is 2. The summed E-state index contributed by atoms with van der Waals surface area (Å²) in [6.07, 6.45) is 0.838. The monoisotopic (exact) mass is 440 g/mol. The molecule has 2 rings (SSSR count). The molecule has 2 aromatic carbocycles. The minimum Gasteiger partial charge on any atom is -0.493 e. The van der Waals surface area contributed by atoms with Crippen LogP contribution in [0.1, 0.15) is 41.0 Å². The van der Waals surface area contributed by atoms with Gasteiger partial charge in [0.2, 0.25) is 0 Å². The predicted octanol–water partition coefficient (Wildman–Crippen LogP) is 5.44. The molecule has 0 aromatic heterocycles. The molecule has 0 amide bonds. The molecule has 0 unspecified atom stereocenters. The van der Waals surface area contributed by atoms with E-state index in [1.807, 2.05) is 0 Å². The minimum atomic E-state index is -1.24. The van der Waals surface area contributed by atoms with Gasteiger partial charge in [-0.15, -0.1) is 0 Å². The van der Waals surface area contributed by atoms with Gasteiger partial charge in [-0.3, -0.25) is 0 Å². The fourth-order valence-electron chi connectivity index (χ4n) is 2.11. The van der Waals surface area contributed by atoms with Crippen molar-refractivity contribution >= 4 is 39.5 Å². The number of carbonyl (C=O) groups excluding carboxylic acids is 1. The van der Waals surface area contributed by atoms with E-state index >= 15 is 0 Å². The van der Waals surface area contributed by atoms with Crippen molar-refractivity contribution in [1.29, 1.82) is 0 Å². The number of esters is 1. The Hall–Kier alpha value is -2.05. The molecule has 0 atom stereocenters. The van der Waals surface area contributed by atoms with Crippen molar-refractivity contribution in [3.05, 3.63) is 57.0 Å². The van der Waals surface area contributed by atoms with E-state index in [1.54, 1.807) is 18.2 Å². The van der Waals surface area contributed by atoms with E-state index in [0.717, 1.165) is 6.42 Å². The van der Waals surface area contributed by atoms with Crippen molar-refractivity contribution in [2.45, 2.75) is 20.3 Å². The van der Waals surface area contributed by atoms with Crippen molar-refractivity contribution in [3.8, 4) is 11.5 Å². The molecule has 0 fully saturated rings. The average Bonchev–Trinajstić information content (AvgIpc) is 2.57. The number of carbonyl (C=O) groups is 2. The van der Waals surface area contributed by atoms with Gasteiger partial charge in [-0.05, 0) is 48.7 Å². The van der Waals surface area contributed by atoms with Crippen molar-refractivity contribution in [2.24, 2.45) is 5.92 Å². The summed E-state index contributed by atoms with van der Waals surface area (Å²) in [5.74, 6) is -1.19. The fourth-order valence-corrected chi connectivity index (χ4v) is 2.64. The summed E-state index contributed by atoms with van der Waals surface area (Å²) in [6.45, 7) is 4.61. The number of aromatic carboxylic acids is 1. The molecule has 26 heavy (non-hydrogen) atoms. The first-order chi connectivity index (χ1) is 12.3. The van der Waals surface area contributed by atoms with Crippen LogP contribution in [-0.4, -0.2) is 23.7 Å². The molecule has 0 aliphatic rings. The summed E-state index contributed by atoms with van der Waals surface area (Å²) in [4.78, 5) is 23.9. The number of carboxylic acid groups (broad SMARTS) is 1. The maximum Gasteiger partial charge on any atom is 0.347 e. The topological polar surface area (TPSA) is 72.8 Å². The highest BCUT2D eigenvalue weighted by Gasteiger charge is 2.20. The second-order valence-corrected chi connectivity index (χ2v) is 7.36. The normalized spacial score (nSPS) is 10.7. The number of hydrogen-bond donors (Lipinski definition) is 1. The molecule has 0 saturated heterocycles. The Balaban J connectivity index is 2.27. The quantitative estimate of drug-likeness (QED) is 0.457. The lowest BCUT2D eigenvalue weighted by molar-refractivity contribution is 0.0680. The van der Waals surface area contributed by atoms with Gasteiger partial charge >= 0.3 is 11.9 Å². The van der Waals surface area contributed by atoms with Crippen molar-refractivity contribution in [1.82, 2.24) is 0 Å². The van der Waals surface area contributed by atoms with Crippen LogP contribution >= 0.6 is 27.5 Å². The Morgan fingerprint density at radius 2 is 1.81 bits per heavy atom. The molecule has 1 N–H and O–H groups in total. The van der Waals surface area contributed by atoms with Crippen molar-refractivity contribution in [2.75, 3.05) is 6.61 Å². The lowest BCUT2D eigenvalue weighted by Gasteiger charge is -2.13. The van der Waals surface area contributed by atoms with E-state index in [2.05, 4.69) is 29.8 Å². The van der Waals surface area contributed by atoms with Gasteiger partial charge in [0.1, 0.15) is 22.6 Å². The third-order valence-electron chi connectivity index (χ3n) is 3.49. The largest absolute Gasteiger partial charge is 0.493 e. The Kier molecular flexibility index (Phi) is 7.06. The lowest BCUT2D eigenvalue weighted by Crippen LogP contribution is -2.14. The van der Waals surface area contributed by atoms with Gasteiger partial charge in [0.25, 0.3) is 0 Å². The van der Waals surface area contributed by atoms with Crippen LogP contribution in [0.2, 0.25) is 5.02 Å². The summed E-state index contributed by atoms with van der Waals surface area (Å²) >= 11 is 9.13. The van der Waals surface area contributed by atoms with Crippen LogP contribution in [0.3, 0.4) is 0 Å². The fraction of sp³-hybridized carbons (Fsp3) is 0.263. The van der Waals surface area contributed by atoms with Gasteiger partial charge in [0.05, 0.1) is 6.61 Å². The summed E-state index contributed by atoms with van der Waals surface area (Å²) in [5, 5.41) is 9.50. The van der Waals surface area contributed by atoms with Gasteiger partial charge in [0.15, 0.2) is 0 Å². The first kappa shape index (κ1) is 20.3. The van der Waals surface area contributed by atoms with E-state index in [4.69, 9.17) is 21.1 Å². The highest BCUT2D eigenvalue weighted by molar-refractivity contribution is 9.10. The second-order valence-electron chi connectivity index (χ2n) is 6.01. The molecule has 5 nitrogen and oxygen atoms in total. The molecule has 0 aliphatic heterocycles. The van der Waals surface area contributed by atoms with E-state index in [-0.39, 0.29) is 21.9 Å². The number of benzene rings is 2. The van der Waals surface area contributed by atoms with Gasteiger partial charge in [-0.1, -0.05) is 41.4 Å². The zero-order valence-corrected chi connectivity index (χ0v) is 16.6. The van der Waals surface area contributed by atoms with Crippen LogP contribution in [0.4, 0.5) is 0 Å². The molecule has 2 aromatic rings. The number of halogens is 2. The van der Waals surface area contributed by atoms with E-state index in [9.17, 15) is 14.7 Å². The van der Waals surface area contributed by atoms with Gasteiger partial charge < -0.3 is 14.6 Å². The first-order valence-electron chi connectivity index (χ1n) is 7.95. The third-order valence-corrected chi connectivity index (χ3v) is 4.22. The highest BCUT2D eigenvalue weighted by Crippen LogP contribution is 2.28. The molecule has 0 heterocycles. The second kappa shape index (κ2) is 9.05. The summed E-state index contributed by atoms with van der Waals surface area (Å²) in [7, 11) is 0. The highest BCUT2D eigenvalue weighted by atomic mass is 79.9. The van der Waals surface area contributed by atoms with Gasteiger partial charge in [-0.25, -0.2) is 9.59 Å². The minimum absolute atomic E-state index is 0.0833. The van der Waals surface area contributed by atoms with Crippen LogP contribution in [0, 0.1) is 5.92 Å². The molecular weight excluding hydrogens is 424 g/mol. The molecule has 0 saturated carbocycles. The maximum absolute atomic E-state index is 12.6. The Labute approximate surface area is 165 Å². The van der Waals surface area contributed by atoms with Crippen molar-refractivity contribution in [3.63, 3.8) is 0 Å². The zero-order valence-electron chi connectivity index (χ0n) is 14.3. The summed E-state index contributed by atoms with van der Waals surface area (Å²) < 4.78 is 11.7. The number of rotatable bonds is 7. The van der Waals surface area contributed by atoms with Crippen LogP contribution < -0.4 is 9.47 Å². The smallest absolute Gasteiger partial charge is 0.347 e. The Morgan fingerprint density at radius 3 is 2.46 bits per heavy atom. The Bertz CT molecular complexity index is 820. The Morgan fingerprint density at radius 1 is 1.12 bits per heavy atom. The zero-order chi connectivity index (χ0) is 19.3. The molecule has 0 aliphatic carbocycles. The van der Waals surface area contributed by atoms with Crippen LogP contribution in [0.15, 0.2) is 40.9 Å². The molecular formula is C19H18BrClO5. The summed E-state index contributed by atoms with van der Waals surface area (Å²) in [5.41, 5.74) is 0.0116. The molecule has 7 heteroatoms. The van der Waals surface area contributed by atoms with Gasteiger partial charge in [-0.2, -0.15) is 0 Å². The molecule has 138 valence electrons. The molecule has 0 radical (unpaired) electrons. The SMILES string of the molecule is CC(C)CCOc1ccc(Br)cc1C(=O)Oc1ccc(Cl)cc1C(=O)O. The van der Waals surface area contributed by atoms with E-state index in [0.29, 0.717) is 22.7 Å². The van der Waals surface area contributed by atoms with Crippen molar-refractivity contribution < 1.29 is 24.2 Å².